The van der Waals surface area contributed by atoms with Crippen LogP contribution in [-0.4, -0.2) is 85.3 Å². The average molecular weight is 469 g/mol. The predicted octanol–water partition coefficient (Wildman–Crippen LogP) is 0.276. The van der Waals surface area contributed by atoms with Crippen LogP contribution in [0.15, 0.2) is 18.2 Å². The fourth-order valence-electron chi connectivity index (χ4n) is 4.17. The van der Waals surface area contributed by atoms with Crippen molar-refractivity contribution in [1.82, 2.24) is 15.1 Å². The number of carbonyl (C=O) groups is 4. The fourth-order valence-corrected chi connectivity index (χ4v) is 4.17. The highest BCUT2D eigenvalue weighted by molar-refractivity contribution is 6.05. The number of nitrogens with two attached hydrogens (primary N) is 1. The van der Waals surface area contributed by atoms with E-state index < -0.39 is 18.5 Å². The molecule has 2 fully saturated rings. The molecule has 3 N–H and O–H groups in total. The Balaban J connectivity index is 0.000000454. The first-order valence-corrected chi connectivity index (χ1v) is 10.6. The molecule has 3 amide bonds. The second-order valence-electron chi connectivity index (χ2n) is 8.02. The number of nitrogens with zero attached hydrogens (tertiary/aromatic N) is 3. The number of halogens is 3. The van der Waals surface area contributed by atoms with Gasteiger partial charge in [-0.3, -0.25) is 29.4 Å². The van der Waals surface area contributed by atoms with Gasteiger partial charge in [-0.15, -0.1) is 0 Å². The van der Waals surface area contributed by atoms with Crippen LogP contribution in [0.3, 0.4) is 0 Å². The van der Waals surface area contributed by atoms with Gasteiger partial charge in [0, 0.05) is 63.5 Å². The Morgan fingerprint density at radius 1 is 1.12 bits per heavy atom. The number of amides is 3. The molecule has 33 heavy (non-hydrogen) atoms. The summed E-state index contributed by atoms with van der Waals surface area (Å²) in [6.07, 6.45) is -5.04. The Hall–Kier alpha value is -2.99. The number of anilines is 1. The fraction of sp³-hybridized carbons (Fsp3) is 0.524. The number of imide groups is 1. The molecule has 3 aliphatic rings. The lowest BCUT2D eigenvalue weighted by molar-refractivity contribution is -0.156. The van der Waals surface area contributed by atoms with Crippen LogP contribution in [-0.2, 0) is 20.9 Å². The van der Waals surface area contributed by atoms with E-state index in [0.29, 0.717) is 25.1 Å². The maximum Gasteiger partial charge on any atom is 0.446 e. The van der Waals surface area contributed by atoms with Gasteiger partial charge in [0.1, 0.15) is 6.04 Å². The summed E-state index contributed by atoms with van der Waals surface area (Å²) in [4.78, 5) is 51.2. The molecule has 12 heteroatoms. The van der Waals surface area contributed by atoms with Crippen LogP contribution < -0.4 is 16.0 Å². The van der Waals surface area contributed by atoms with Crippen molar-refractivity contribution in [3.05, 3.63) is 29.3 Å². The van der Waals surface area contributed by atoms with Crippen molar-refractivity contribution in [3.8, 4) is 0 Å². The van der Waals surface area contributed by atoms with Gasteiger partial charge >= 0.3 is 6.18 Å². The predicted molar refractivity (Wildman–Crippen MR) is 112 cm³/mol. The number of benzene rings is 1. The first-order chi connectivity index (χ1) is 15.6. The van der Waals surface area contributed by atoms with Crippen LogP contribution >= 0.6 is 0 Å². The lowest BCUT2D eigenvalue weighted by Crippen LogP contribution is -2.52. The van der Waals surface area contributed by atoms with Crippen LogP contribution in [0.25, 0.3) is 0 Å². The number of rotatable bonds is 4. The smallest absolute Gasteiger partial charge is 0.369 e. The number of alkyl halides is 3. The molecule has 0 aliphatic carbocycles. The number of hydrogen-bond donors (Lipinski definition) is 2. The van der Waals surface area contributed by atoms with E-state index in [4.69, 9.17) is 10.5 Å². The first-order valence-electron chi connectivity index (χ1n) is 10.6. The molecule has 0 spiro atoms. The van der Waals surface area contributed by atoms with Crippen LogP contribution in [0.2, 0.25) is 0 Å². The van der Waals surface area contributed by atoms with Gasteiger partial charge in [-0.25, -0.2) is 0 Å². The molecular formula is C21H26F3N5O4. The van der Waals surface area contributed by atoms with Crippen molar-refractivity contribution in [3.63, 3.8) is 0 Å². The summed E-state index contributed by atoms with van der Waals surface area (Å²) in [6, 6.07) is 5.36. The molecule has 2 saturated heterocycles. The Labute approximate surface area is 188 Å². The zero-order valence-electron chi connectivity index (χ0n) is 17.9. The van der Waals surface area contributed by atoms with Crippen LogP contribution in [0.1, 0.15) is 28.8 Å². The van der Waals surface area contributed by atoms with Crippen molar-refractivity contribution in [2.45, 2.75) is 31.6 Å². The molecule has 180 valence electrons. The highest BCUT2D eigenvalue weighted by Crippen LogP contribution is 2.30. The lowest BCUT2D eigenvalue weighted by Gasteiger charge is -2.36. The van der Waals surface area contributed by atoms with E-state index in [-0.39, 0.29) is 24.1 Å². The highest BCUT2D eigenvalue weighted by Gasteiger charge is 2.39. The van der Waals surface area contributed by atoms with Crippen molar-refractivity contribution < 1.29 is 32.3 Å². The van der Waals surface area contributed by atoms with Gasteiger partial charge in [0.05, 0.1) is 0 Å². The molecule has 0 radical (unpaired) electrons. The summed E-state index contributed by atoms with van der Waals surface area (Å²) >= 11 is 0. The van der Waals surface area contributed by atoms with E-state index in [2.05, 4.69) is 21.2 Å². The van der Waals surface area contributed by atoms with Gasteiger partial charge < -0.3 is 15.5 Å². The summed E-state index contributed by atoms with van der Waals surface area (Å²) in [5.74, 6) is -0.765. The minimum atomic E-state index is -4.64. The third-order valence-electron chi connectivity index (χ3n) is 5.82. The van der Waals surface area contributed by atoms with E-state index in [1.807, 2.05) is 12.1 Å². The molecule has 3 aliphatic heterocycles. The molecule has 0 saturated carbocycles. The topological polar surface area (TPSA) is 116 Å². The quantitative estimate of drug-likeness (QED) is 0.481. The monoisotopic (exact) mass is 469 g/mol. The summed E-state index contributed by atoms with van der Waals surface area (Å²) in [6.45, 7) is 5.85. The zero-order chi connectivity index (χ0) is 24.2. The molecule has 3 heterocycles. The third-order valence-corrected chi connectivity index (χ3v) is 5.82. The summed E-state index contributed by atoms with van der Waals surface area (Å²) in [5, 5.41) is 2.34. The van der Waals surface area contributed by atoms with Gasteiger partial charge in [0.25, 0.3) is 5.91 Å². The minimum Gasteiger partial charge on any atom is -0.369 e. The van der Waals surface area contributed by atoms with E-state index >= 15 is 0 Å². The molecule has 1 aromatic carbocycles. The number of fused-ring (bicyclic) bond motifs is 1. The van der Waals surface area contributed by atoms with Gasteiger partial charge in [0.2, 0.25) is 18.1 Å². The second kappa shape index (κ2) is 10.3. The Kier molecular flexibility index (Phi) is 7.69. The van der Waals surface area contributed by atoms with E-state index in [1.165, 1.54) is 0 Å². The molecule has 1 atom stereocenters. The number of piperazine rings is 1. The van der Waals surface area contributed by atoms with Gasteiger partial charge in [-0.2, -0.15) is 13.2 Å². The number of aldehydes is 1. The number of piperidine rings is 1. The van der Waals surface area contributed by atoms with Crippen LogP contribution in [0, 0.1) is 0 Å². The van der Waals surface area contributed by atoms with Crippen LogP contribution in [0.5, 0.6) is 0 Å². The standard InChI is InChI=1S/C19H25N5O3.C2HF3O/c20-5-6-22-7-9-23(10-8-22)14-1-2-15-13(11-14)12-24(19(15)27)16-3-4-17(25)21-18(16)26;3-2(4,5)1-6/h1-2,11,16H,3-10,12,20H2,(H,21,25,26);1H. The van der Waals surface area contributed by atoms with Crippen molar-refractivity contribution >= 4 is 29.7 Å². The van der Waals surface area contributed by atoms with E-state index in [1.54, 1.807) is 4.90 Å². The van der Waals surface area contributed by atoms with Gasteiger partial charge in [-0.05, 0) is 30.2 Å². The number of nitrogens with one attached hydrogen (secondary N) is 1. The van der Waals surface area contributed by atoms with Gasteiger partial charge in [-0.1, -0.05) is 0 Å². The molecule has 1 aromatic rings. The van der Waals surface area contributed by atoms with Crippen molar-refractivity contribution in [2.24, 2.45) is 5.73 Å². The lowest BCUT2D eigenvalue weighted by atomic mass is 10.0. The van der Waals surface area contributed by atoms with E-state index in [9.17, 15) is 27.6 Å². The molecule has 0 bridgehead atoms. The number of hydrogen-bond acceptors (Lipinski definition) is 7. The Bertz CT molecular complexity index is 916. The first kappa shape index (κ1) is 24.6. The number of carbonyl (C=O) groups excluding carboxylic acids is 4. The Morgan fingerprint density at radius 2 is 1.79 bits per heavy atom. The Morgan fingerprint density at radius 3 is 2.36 bits per heavy atom. The van der Waals surface area contributed by atoms with Crippen LogP contribution in [0.4, 0.5) is 18.9 Å². The van der Waals surface area contributed by atoms with Crippen molar-refractivity contribution in [2.75, 3.05) is 44.2 Å². The maximum absolute atomic E-state index is 12.8. The SMILES string of the molecule is NCCN1CCN(c2ccc3c(c2)CN(C2CCC(=O)NC2=O)C3=O)CC1.O=CC(F)(F)F. The van der Waals surface area contributed by atoms with E-state index in [0.717, 1.165) is 44.0 Å². The molecule has 1 unspecified atom stereocenters. The summed E-state index contributed by atoms with van der Waals surface area (Å²) in [5.41, 5.74) is 8.35. The molecular weight excluding hydrogens is 443 g/mol. The summed E-state index contributed by atoms with van der Waals surface area (Å²) in [7, 11) is 0. The molecule has 0 aromatic heterocycles. The minimum absolute atomic E-state index is 0.126. The largest absolute Gasteiger partial charge is 0.446 e. The van der Waals surface area contributed by atoms with Gasteiger partial charge in [0.15, 0.2) is 0 Å². The highest BCUT2D eigenvalue weighted by atomic mass is 19.4. The average Bonchev–Trinajstić information content (AvgIpc) is 3.10. The normalized spacial score (nSPS) is 21.3. The second-order valence-corrected chi connectivity index (χ2v) is 8.02. The van der Waals surface area contributed by atoms with Crippen molar-refractivity contribution in [1.29, 1.82) is 0 Å². The maximum atomic E-state index is 12.8. The third kappa shape index (κ3) is 6.08. The zero-order valence-corrected chi connectivity index (χ0v) is 17.9. The summed E-state index contributed by atoms with van der Waals surface area (Å²) < 4.78 is 31.2. The molecule has 9 nitrogen and oxygen atoms in total. The molecule has 4 rings (SSSR count).